The zero-order valence-electron chi connectivity index (χ0n) is 13.2. The number of aryl methyl sites for hydroxylation is 2. The second-order valence-electron chi connectivity index (χ2n) is 5.50. The van der Waals surface area contributed by atoms with Crippen molar-refractivity contribution >= 4 is 44.7 Å². The quantitative estimate of drug-likeness (QED) is 0.663. The van der Waals surface area contributed by atoms with Crippen molar-refractivity contribution in [2.45, 2.75) is 13.8 Å². The molecule has 3 aromatic rings. The number of nitrogens with two attached hydrogens (primary N) is 2. The third kappa shape index (κ3) is 2.64. The van der Waals surface area contributed by atoms with Gasteiger partial charge in [-0.05, 0) is 37.1 Å². The molecule has 0 saturated carbocycles. The highest BCUT2D eigenvalue weighted by molar-refractivity contribution is 7.21. The summed E-state index contributed by atoms with van der Waals surface area (Å²) in [5.41, 5.74) is 15.1. The van der Waals surface area contributed by atoms with Crippen LogP contribution in [0.5, 0.6) is 0 Å². The van der Waals surface area contributed by atoms with Gasteiger partial charge in [0, 0.05) is 11.1 Å². The predicted octanol–water partition coefficient (Wildman–Crippen LogP) is 3.20. The van der Waals surface area contributed by atoms with Crippen molar-refractivity contribution < 1.29 is 4.79 Å². The zero-order chi connectivity index (χ0) is 17.4. The summed E-state index contributed by atoms with van der Waals surface area (Å²) >= 11 is 1.16. The van der Waals surface area contributed by atoms with Crippen LogP contribution in [-0.2, 0) is 0 Å². The van der Waals surface area contributed by atoms with E-state index in [2.05, 4.69) is 10.3 Å². The Labute approximate surface area is 142 Å². The molecule has 1 aromatic carbocycles. The van der Waals surface area contributed by atoms with Crippen LogP contribution in [0.15, 0.2) is 24.3 Å². The van der Waals surface area contributed by atoms with Crippen LogP contribution in [0, 0.1) is 25.2 Å². The van der Waals surface area contributed by atoms with Crippen LogP contribution in [0.2, 0.25) is 0 Å². The number of anilines is 3. The Hall–Kier alpha value is -3.11. The fraction of sp³-hybridized carbons (Fsp3) is 0.118. The second-order valence-corrected chi connectivity index (χ2v) is 6.50. The first-order valence-electron chi connectivity index (χ1n) is 7.18. The molecule has 7 heteroatoms. The van der Waals surface area contributed by atoms with Crippen molar-refractivity contribution in [3.63, 3.8) is 0 Å². The first kappa shape index (κ1) is 15.8. The summed E-state index contributed by atoms with van der Waals surface area (Å²) in [6.07, 6.45) is 0. The number of rotatable bonds is 2. The second kappa shape index (κ2) is 5.83. The Morgan fingerprint density at radius 3 is 2.75 bits per heavy atom. The lowest BCUT2D eigenvalue weighted by molar-refractivity contribution is 0.103. The predicted molar refractivity (Wildman–Crippen MR) is 97.0 cm³/mol. The lowest BCUT2D eigenvalue weighted by Crippen LogP contribution is -2.13. The van der Waals surface area contributed by atoms with Crippen LogP contribution in [-0.4, -0.2) is 10.9 Å². The summed E-state index contributed by atoms with van der Waals surface area (Å²) in [6, 6.07) is 9.37. The van der Waals surface area contributed by atoms with Crippen LogP contribution in [0.4, 0.5) is 17.2 Å². The Morgan fingerprint density at radius 2 is 2.04 bits per heavy atom. The Kier molecular flexibility index (Phi) is 3.83. The zero-order valence-corrected chi connectivity index (χ0v) is 14.0. The van der Waals surface area contributed by atoms with Crippen LogP contribution >= 0.6 is 11.3 Å². The molecule has 2 heterocycles. The first-order chi connectivity index (χ1) is 11.4. The molecule has 3 rings (SSSR count). The van der Waals surface area contributed by atoms with Gasteiger partial charge in [-0.1, -0.05) is 12.1 Å². The Balaban J connectivity index is 2.03. The molecule has 0 atom stereocenters. The lowest BCUT2D eigenvalue weighted by atomic mass is 10.1. The van der Waals surface area contributed by atoms with E-state index in [-0.39, 0.29) is 17.3 Å². The smallest absolute Gasteiger partial charge is 0.267 e. The van der Waals surface area contributed by atoms with Gasteiger partial charge in [-0.3, -0.25) is 4.79 Å². The van der Waals surface area contributed by atoms with Gasteiger partial charge in [0.2, 0.25) is 0 Å². The van der Waals surface area contributed by atoms with E-state index in [1.807, 2.05) is 38.1 Å². The number of nitrogens with zero attached hydrogens (tertiary/aromatic N) is 2. The van der Waals surface area contributed by atoms with Gasteiger partial charge in [-0.2, -0.15) is 5.26 Å². The van der Waals surface area contributed by atoms with Gasteiger partial charge in [0.1, 0.15) is 21.6 Å². The molecule has 1 amide bonds. The summed E-state index contributed by atoms with van der Waals surface area (Å²) < 4.78 is 0. The van der Waals surface area contributed by atoms with Gasteiger partial charge < -0.3 is 16.8 Å². The number of aromatic nitrogens is 1. The number of amides is 1. The minimum Gasteiger partial charge on any atom is -0.397 e. The number of carbonyl (C=O) groups is 1. The number of hydrogen-bond acceptors (Lipinski definition) is 6. The standard InChI is InChI=1S/C17H15N5OS/c1-8-3-4-9(2)12(5-8)21-16(23)14-13(19)11-6-10(7-18)15(20)22-17(11)24-14/h3-6H,19H2,1-2H3,(H2,20,22)(H,21,23). The molecule has 0 aliphatic heterocycles. The van der Waals surface area contributed by atoms with Gasteiger partial charge in [-0.15, -0.1) is 11.3 Å². The maximum absolute atomic E-state index is 12.6. The van der Waals surface area contributed by atoms with Crippen LogP contribution < -0.4 is 16.8 Å². The number of nitrogen functional groups attached to an aromatic ring is 2. The van der Waals surface area contributed by atoms with E-state index >= 15 is 0 Å². The minimum atomic E-state index is -0.304. The summed E-state index contributed by atoms with van der Waals surface area (Å²) in [7, 11) is 0. The SMILES string of the molecule is Cc1ccc(C)c(NC(=O)c2sc3nc(N)c(C#N)cc3c2N)c1. The number of fused-ring (bicyclic) bond motifs is 1. The number of nitrogens with one attached hydrogen (secondary N) is 1. The normalized spacial score (nSPS) is 10.5. The van der Waals surface area contributed by atoms with Crippen molar-refractivity contribution in [1.29, 1.82) is 5.26 Å². The van der Waals surface area contributed by atoms with E-state index < -0.39 is 0 Å². The van der Waals surface area contributed by atoms with Gasteiger partial charge in [-0.25, -0.2) is 4.98 Å². The molecule has 0 aliphatic rings. The van der Waals surface area contributed by atoms with E-state index in [1.54, 1.807) is 6.07 Å². The van der Waals surface area contributed by atoms with E-state index in [0.717, 1.165) is 28.2 Å². The van der Waals surface area contributed by atoms with Crippen molar-refractivity contribution in [2.75, 3.05) is 16.8 Å². The third-order valence-electron chi connectivity index (χ3n) is 3.72. The molecule has 24 heavy (non-hydrogen) atoms. The maximum atomic E-state index is 12.6. The van der Waals surface area contributed by atoms with Crippen LogP contribution in [0.25, 0.3) is 10.2 Å². The monoisotopic (exact) mass is 337 g/mol. The topological polar surface area (TPSA) is 118 Å². The fourth-order valence-corrected chi connectivity index (χ4v) is 3.34. The average molecular weight is 337 g/mol. The summed E-state index contributed by atoms with van der Waals surface area (Å²) in [5.74, 6) is -0.172. The molecule has 0 radical (unpaired) electrons. The molecule has 6 nitrogen and oxygen atoms in total. The number of benzene rings is 1. The average Bonchev–Trinajstić information content (AvgIpc) is 2.86. The van der Waals surface area contributed by atoms with Crippen molar-refractivity contribution in [3.05, 3.63) is 45.8 Å². The van der Waals surface area contributed by atoms with E-state index in [1.165, 1.54) is 0 Å². The molecule has 0 spiro atoms. The van der Waals surface area contributed by atoms with Crippen molar-refractivity contribution in [1.82, 2.24) is 4.98 Å². The highest BCUT2D eigenvalue weighted by Crippen LogP contribution is 2.34. The summed E-state index contributed by atoms with van der Waals surface area (Å²) in [5, 5.41) is 12.5. The highest BCUT2D eigenvalue weighted by Gasteiger charge is 2.19. The van der Waals surface area contributed by atoms with E-state index in [0.29, 0.717) is 20.8 Å². The van der Waals surface area contributed by atoms with E-state index in [9.17, 15) is 4.79 Å². The first-order valence-corrected chi connectivity index (χ1v) is 7.99. The van der Waals surface area contributed by atoms with Crippen LogP contribution in [0.1, 0.15) is 26.4 Å². The largest absolute Gasteiger partial charge is 0.397 e. The Bertz CT molecular complexity index is 1020. The molecule has 5 N–H and O–H groups in total. The van der Waals surface area contributed by atoms with Gasteiger partial charge in [0.15, 0.2) is 0 Å². The molecule has 120 valence electrons. The van der Waals surface area contributed by atoms with Gasteiger partial charge in [0.05, 0.1) is 11.3 Å². The molecular formula is C17H15N5OS. The number of pyridine rings is 1. The minimum absolute atomic E-state index is 0.132. The fourth-order valence-electron chi connectivity index (χ4n) is 2.36. The molecule has 0 aliphatic carbocycles. The van der Waals surface area contributed by atoms with Gasteiger partial charge >= 0.3 is 0 Å². The number of carbonyl (C=O) groups excluding carboxylic acids is 1. The summed E-state index contributed by atoms with van der Waals surface area (Å²) in [4.78, 5) is 17.7. The van der Waals surface area contributed by atoms with Crippen LogP contribution in [0.3, 0.4) is 0 Å². The van der Waals surface area contributed by atoms with Gasteiger partial charge in [0.25, 0.3) is 5.91 Å². The third-order valence-corrected chi connectivity index (χ3v) is 4.83. The maximum Gasteiger partial charge on any atom is 0.267 e. The molecular weight excluding hydrogens is 322 g/mol. The molecule has 2 aromatic heterocycles. The number of hydrogen-bond donors (Lipinski definition) is 3. The van der Waals surface area contributed by atoms with Crippen molar-refractivity contribution in [2.24, 2.45) is 0 Å². The number of thiophene rings is 1. The molecule has 0 bridgehead atoms. The molecule has 0 fully saturated rings. The van der Waals surface area contributed by atoms with Crippen molar-refractivity contribution in [3.8, 4) is 6.07 Å². The lowest BCUT2D eigenvalue weighted by Gasteiger charge is -2.08. The number of nitriles is 1. The summed E-state index contributed by atoms with van der Waals surface area (Å²) in [6.45, 7) is 3.88. The highest BCUT2D eigenvalue weighted by atomic mass is 32.1. The Morgan fingerprint density at radius 1 is 1.29 bits per heavy atom. The van der Waals surface area contributed by atoms with E-state index in [4.69, 9.17) is 16.7 Å². The molecule has 0 saturated heterocycles. The molecule has 0 unspecified atom stereocenters.